The largest absolute Gasteiger partial charge is 0.339 e. The number of amides is 1. The Morgan fingerprint density at radius 1 is 1.35 bits per heavy atom. The fourth-order valence-corrected chi connectivity index (χ4v) is 1.82. The smallest absolute Gasteiger partial charge is 0.256 e. The highest BCUT2D eigenvalue weighted by Crippen LogP contribution is 2.18. The Balaban J connectivity index is 2.96. The van der Waals surface area contributed by atoms with Crippen molar-refractivity contribution in [2.24, 2.45) is 5.92 Å². The number of nitrogens with zero attached hydrogens (tertiary/aromatic N) is 1. The van der Waals surface area contributed by atoms with E-state index < -0.39 is 5.82 Å². The summed E-state index contributed by atoms with van der Waals surface area (Å²) < 4.78 is 14.3. The summed E-state index contributed by atoms with van der Waals surface area (Å²) in [5, 5.41) is 0. The van der Waals surface area contributed by atoms with E-state index >= 15 is 0 Å². The minimum absolute atomic E-state index is 0.0746. The van der Waals surface area contributed by atoms with Crippen molar-refractivity contribution in [1.29, 1.82) is 0 Å². The van der Waals surface area contributed by atoms with Gasteiger partial charge in [0.15, 0.2) is 0 Å². The predicted molar refractivity (Wildman–Crippen MR) is 70.5 cm³/mol. The highest BCUT2D eigenvalue weighted by Gasteiger charge is 2.22. The molecule has 1 aromatic carbocycles. The van der Waals surface area contributed by atoms with Gasteiger partial charge in [-0.05, 0) is 31.0 Å². The summed E-state index contributed by atoms with van der Waals surface area (Å²) in [6, 6.07) is 4.56. The molecule has 0 radical (unpaired) electrons. The lowest BCUT2D eigenvalue weighted by atomic mass is 10.0. The fourth-order valence-electron chi connectivity index (χ4n) is 1.49. The minimum atomic E-state index is -0.493. The Bertz CT molecular complexity index is 420. The van der Waals surface area contributed by atoms with E-state index in [0.717, 1.165) is 0 Å². The molecule has 0 fully saturated rings. The van der Waals surface area contributed by atoms with Gasteiger partial charge in [-0.2, -0.15) is 0 Å². The van der Waals surface area contributed by atoms with E-state index in [4.69, 9.17) is 0 Å². The highest BCUT2D eigenvalue weighted by molar-refractivity contribution is 9.10. The Labute approximate surface area is 110 Å². The number of benzene rings is 1. The molecule has 2 nitrogen and oxygen atoms in total. The van der Waals surface area contributed by atoms with Crippen LogP contribution < -0.4 is 0 Å². The van der Waals surface area contributed by atoms with E-state index in [0.29, 0.717) is 10.4 Å². The predicted octanol–water partition coefficient (Wildman–Crippen LogP) is 3.70. The summed E-state index contributed by atoms with van der Waals surface area (Å²) in [5.41, 5.74) is 0.114. The molecule has 1 amide bonds. The molecule has 0 spiro atoms. The van der Waals surface area contributed by atoms with Gasteiger partial charge in [-0.1, -0.05) is 29.8 Å². The molecular weight excluding hydrogens is 285 g/mol. The third-order valence-electron chi connectivity index (χ3n) is 3.06. The quantitative estimate of drug-likeness (QED) is 0.833. The first kappa shape index (κ1) is 14.2. The van der Waals surface area contributed by atoms with Crippen LogP contribution in [0, 0.1) is 11.7 Å². The zero-order valence-corrected chi connectivity index (χ0v) is 12.1. The van der Waals surface area contributed by atoms with Gasteiger partial charge < -0.3 is 4.90 Å². The van der Waals surface area contributed by atoms with Crippen LogP contribution in [0.3, 0.4) is 0 Å². The lowest BCUT2D eigenvalue weighted by Gasteiger charge is -2.28. The summed E-state index contributed by atoms with van der Waals surface area (Å²) in [6.45, 7) is 6.03. The lowest BCUT2D eigenvalue weighted by molar-refractivity contribution is 0.0702. The van der Waals surface area contributed by atoms with Gasteiger partial charge in [0, 0.05) is 17.6 Å². The fraction of sp³-hybridized carbons (Fsp3) is 0.462. The maximum atomic E-state index is 13.6. The van der Waals surface area contributed by atoms with Crippen molar-refractivity contribution in [1.82, 2.24) is 4.90 Å². The van der Waals surface area contributed by atoms with Gasteiger partial charge in [0.1, 0.15) is 5.82 Å². The average Bonchev–Trinajstić information content (AvgIpc) is 2.26. The second-order valence-corrected chi connectivity index (χ2v) is 5.44. The van der Waals surface area contributed by atoms with Gasteiger partial charge in [0.25, 0.3) is 5.91 Å². The maximum Gasteiger partial charge on any atom is 0.256 e. The molecule has 1 unspecified atom stereocenters. The Morgan fingerprint density at radius 3 is 2.41 bits per heavy atom. The van der Waals surface area contributed by atoms with Crippen molar-refractivity contribution in [3.8, 4) is 0 Å². The summed E-state index contributed by atoms with van der Waals surface area (Å²) >= 11 is 3.17. The van der Waals surface area contributed by atoms with E-state index in [9.17, 15) is 9.18 Å². The number of halogens is 2. The first-order valence-electron chi connectivity index (χ1n) is 5.56. The van der Waals surface area contributed by atoms with Crippen molar-refractivity contribution in [2.45, 2.75) is 26.8 Å². The maximum absolute atomic E-state index is 13.6. The third kappa shape index (κ3) is 3.28. The highest BCUT2D eigenvalue weighted by atomic mass is 79.9. The molecule has 0 N–H and O–H groups in total. The van der Waals surface area contributed by atoms with Crippen LogP contribution in [0.2, 0.25) is 0 Å². The monoisotopic (exact) mass is 301 g/mol. The molecule has 1 aromatic rings. The van der Waals surface area contributed by atoms with Crippen LogP contribution in [-0.4, -0.2) is 23.9 Å². The van der Waals surface area contributed by atoms with Crippen molar-refractivity contribution < 1.29 is 9.18 Å². The molecule has 1 rings (SSSR count). The van der Waals surface area contributed by atoms with E-state index in [-0.39, 0.29) is 17.5 Å². The molecule has 0 bridgehead atoms. The van der Waals surface area contributed by atoms with E-state index in [2.05, 4.69) is 15.9 Å². The Hall–Kier alpha value is -0.900. The van der Waals surface area contributed by atoms with Crippen LogP contribution in [-0.2, 0) is 0 Å². The topological polar surface area (TPSA) is 20.3 Å². The van der Waals surface area contributed by atoms with Crippen molar-refractivity contribution in [2.75, 3.05) is 7.05 Å². The molecule has 0 aromatic heterocycles. The standard InChI is InChI=1S/C13H17BrFNO/c1-8(2)9(3)16(4)13(17)11-6-5-10(14)7-12(11)15/h5-9H,1-4H3. The number of carbonyl (C=O) groups excluding carboxylic acids is 1. The van der Waals surface area contributed by atoms with Gasteiger partial charge >= 0.3 is 0 Å². The second kappa shape index (κ2) is 5.63. The number of hydrogen-bond donors (Lipinski definition) is 0. The molecule has 17 heavy (non-hydrogen) atoms. The molecule has 1 atom stereocenters. The van der Waals surface area contributed by atoms with Crippen LogP contribution in [0.15, 0.2) is 22.7 Å². The molecule has 0 saturated heterocycles. The number of rotatable bonds is 3. The van der Waals surface area contributed by atoms with E-state index in [1.165, 1.54) is 12.1 Å². The molecule has 0 heterocycles. The molecule has 0 aliphatic rings. The zero-order valence-electron chi connectivity index (χ0n) is 10.5. The molecule has 94 valence electrons. The molecular formula is C13H17BrFNO. The summed E-state index contributed by atoms with van der Waals surface area (Å²) in [5.74, 6) is -0.439. The lowest BCUT2D eigenvalue weighted by Crippen LogP contribution is -2.38. The molecule has 0 saturated carbocycles. The van der Waals surface area contributed by atoms with Crippen molar-refractivity contribution >= 4 is 21.8 Å². The number of hydrogen-bond acceptors (Lipinski definition) is 1. The van der Waals surface area contributed by atoms with Gasteiger partial charge in [-0.15, -0.1) is 0 Å². The van der Waals surface area contributed by atoms with Crippen LogP contribution in [0.5, 0.6) is 0 Å². The average molecular weight is 302 g/mol. The van der Waals surface area contributed by atoms with Crippen LogP contribution in [0.25, 0.3) is 0 Å². The second-order valence-electron chi connectivity index (χ2n) is 4.52. The summed E-state index contributed by atoms with van der Waals surface area (Å²) in [7, 11) is 1.70. The van der Waals surface area contributed by atoms with Gasteiger partial charge in [0.2, 0.25) is 0 Å². The molecule has 0 aliphatic heterocycles. The minimum Gasteiger partial charge on any atom is -0.339 e. The third-order valence-corrected chi connectivity index (χ3v) is 3.55. The van der Waals surface area contributed by atoms with Gasteiger partial charge in [-0.3, -0.25) is 4.79 Å². The van der Waals surface area contributed by atoms with Crippen molar-refractivity contribution in [3.05, 3.63) is 34.1 Å². The SMILES string of the molecule is CC(C)C(C)N(C)C(=O)c1ccc(Br)cc1F. The van der Waals surface area contributed by atoms with Crippen LogP contribution >= 0.6 is 15.9 Å². The number of carbonyl (C=O) groups is 1. The first-order chi connectivity index (χ1) is 7.84. The summed E-state index contributed by atoms with van der Waals surface area (Å²) in [4.78, 5) is 13.7. The van der Waals surface area contributed by atoms with E-state index in [1.807, 2.05) is 20.8 Å². The van der Waals surface area contributed by atoms with Crippen molar-refractivity contribution in [3.63, 3.8) is 0 Å². The molecule has 4 heteroatoms. The Kier molecular flexibility index (Phi) is 4.69. The Morgan fingerprint density at radius 2 is 1.94 bits per heavy atom. The van der Waals surface area contributed by atoms with E-state index in [1.54, 1.807) is 18.0 Å². The van der Waals surface area contributed by atoms with Gasteiger partial charge in [0.05, 0.1) is 5.56 Å². The molecule has 0 aliphatic carbocycles. The normalized spacial score (nSPS) is 12.6. The zero-order chi connectivity index (χ0) is 13.2. The first-order valence-corrected chi connectivity index (χ1v) is 6.36. The van der Waals surface area contributed by atoms with Crippen LogP contribution in [0.4, 0.5) is 4.39 Å². The summed E-state index contributed by atoms with van der Waals surface area (Å²) in [6.07, 6.45) is 0. The van der Waals surface area contributed by atoms with Gasteiger partial charge in [-0.25, -0.2) is 4.39 Å². The van der Waals surface area contributed by atoms with Crippen LogP contribution in [0.1, 0.15) is 31.1 Å².